The predicted molar refractivity (Wildman–Crippen MR) is 72.5 cm³/mol. The molecule has 4 nitrogen and oxygen atoms in total. The maximum absolute atomic E-state index is 12.3. The number of carbonyl (C=O) groups excluding carboxylic acids is 1. The van der Waals surface area contributed by atoms with E-state index in [4.69, 9.17) is 33.9 Å². The normalized spacial score (nSPS) is 12.3. The van der Waals surface area contributed by atoms with Crippen LogP contribution in [0.1, 0.15) is 10.4 Å². The van der Waals surface area contributed by atoms with Crippen LogP contribution in [-0.4, -0.2) is 39.0 Å². The van der Waals surface area contributed by atoms with Crippen molar-refractivity contribution in [2.24, 2.45) is 0 Å². The zero-order valence-corrected chi connectivity index (χ0v) is 13.3. The summed E-state index contributed by atoms with van der Waals surface area (Å²) >= 11 is 11.4. The van der Waals surface area contributed by atoms with E-state index in [0.717, 1.165) is 19.2 Å². The molecule has 0 unspecified atom stereocenters. The average Bonchev–Trinajstić information content (AvgIpc) is 2.27. The van der Waals surface area contributed by atoms with Gasteiger partial charge in [-0.3, -0.25) is 4.79 Å². The first kappa shape index (κ1) is 18.3. The second-order valence-corrected chi connectivity index (χ2v) is 7.33. The molecule has 1 aromatic rings. The molecule has 0 heterocycles. The summed E-state index contributed by atoms with van der Waals surface area (Å²) in [5.74, 6) is -1.14. The lowest BCUT2D eigenvalue weighted by atomic mass is 10.2. The number of benzene rings is 1. The highest BCUT2D eigenvalue weighted by Gasteiger charge is 2.33. The van der Waals surface area contributed by atoms with Crippen LogP contribution < -0.4 is 0 Å². The van der Waals surface area contributed by atoms with Gasteiger partial charge in [0.15, 0.2) is 0 Å². The van der Waals surface area contributed by atoms with Crippen molar-refractivity contribution in [3.05, 3.63) is 27.7 Å². The number of halogens is 6. The summed E-state index contributed by atoms with van der Waals surface area (Å²) in [5, 5.41) is -0.796. The molecule has 0 aliphatic carbocycles. The molecule has 0 N–H and O–H groups in total. The Kier molecular flexibility index (Phi) is 5.41. The van der Waals surface area contributed by atoms with E-state index in [0.29, 0.717) is 4.90 Å². The Hall–Kier alpha value is -0.700. The lowest BCUT2D eigenvalue weighted by Gasteiger charge is -2.20. The van der Waals surface area contributed by atoms with Gasteiger partial charge in [0.05, 0.1) is 10.6 Å². The molecule has 0 atom stereocenters. The predicted octanol–water partition coefficient (Wildman–Crippen LogP) is 3.56. The number of nitrogens with zero attached hydrogens (tertiary/aromatic N) is 1. The van der Waals surface area contributed by atoms with Gasteiger partial charge in [0.2, 0.25) is 0 Å². The largest absolute Gasteiger partial charge is 0.406 e. The molecule has 0 saturated carbocycles. The molecule has 0 spiro atoms. The molecule has 0 aliphatic heterocycles. The highest BCUT2D eigenvalue weighted by Crippen LogP contribution is 2.32. The zero-order chi connectivity index (χ0) is 16.6. The van der Waals surface area contributed by atoms with Crippen LogP contribution >= 0.6 is 33.9 Å². The van der Waals surface area contributed by atoms with Crippen LogP contribution in [0.5, 0.6) is 0 Å². The van der Waals surface area contributed by atoms with Crippen LogP contribution in [0.15, 0.2) is 17.0 Å². The molecule has 1 amide bonds. The molecule has 0 saturated heterocycles. The van der Waals surface area contributed by atoms with E-state index in [1.54, 1.807) is 0 Å². The minimum absolute atomic E-state index is 0.206. The second-order valence-electron chi connectivity index (χ2n) is 3.98. The number of hydrogen-bond donors (Lipinski definition) is 0. The van der Waals surface area contributed by atoms with Crippen molar-refractivity contribution >= 4 is 48.8 Å². The Morgan fingerprint density at radius 3 is 2.24 bits per heavy atom. The fourth-order valence-electron chi connectivity index (χ4n) is 1.44. The maximum Gasteiger partial charge on any atom is 0.406 e. The quantitative estimate of drug-likeness (QED) is 0.749. The van der Waals surface area contributed by atoms with Gasteiger partial charge in [-0.25, -0.2) is 8.42 Å². The fourth-order valence-corrected chi connectivity index (χ4v) is 3.30. The van der Waals surface area contributed by atoms with E-state index >= 15 is 0 Å². The van der Waals surface area contributed by atoms with Crippen molar-refractivity contribution in [2.75, 3.05) is 13.6 Å². The fraction of sp³-hybridized carbons (Fsp3) is 0.300. The summed E-state index contributed by atoms with van der Waals surface area (Å²) in [5.41, 5.74) is -0.491. The summed E-state index contributed by atoms with van der Waals surface area (Å²) in [6.45, 7) is -1.53. The molecule has 0 radical (unpaired) electrons. The van der Waals surface area contributed by atoms with Gasteiger partial charge in [-0.2, -0.15) is 13.2 Å². The Morgan fingerprint density at radius 2 is 1.81 bits per heavy atom. The number of alkyl halides is 3. The minimum Gasteiger partial charge on any atom is -0.333 e. The molecule has 0 aromatic heterocycles. The van der Waals surface area contributed by atoms with Crippen LogP contribution in [0, 0.1) is 0 Å². The maximum atomic E-state index is 12.3. The van der Waals surface area contributed by atoms with Crippen LogP contribution in [0.2, 0.25) is 10.0 Å². The standard InChI is InChI=1S/C10H7Cl3F3NO3S/c1-17(4-10(14,15)16)9(18)6-2-5(11)3-7(8(6)12)21(13,19)20/h2-3H,4H2,1H3. The lowest BCUT2D eigenvalue weighted by Crippen LogP contribution is -2.36. The molecule has 118 valence electrons. The van der Waals surface area contributed by atoms with E-state index < -0.39 is 43.2 Å². The third-order valence-electron chi connectivity index (χ3n) is 2.26. The van der Waals surface area contributed by atoms with Crippen molar-refractivity contribution < 1.29 is 26.4 Å². The van der Waals surface area contributed by atoms with E-state index in [1.165, 1.54) is 0 Å². The van der Waals surface area contributed by atoms with Gasteiger partial charge < -0.3 is 4.90 Å². The van der Waals surface area contributed by atoms with E-state index in [9.17, 15) is 26.4 Å². The third-order valence-corrected chi connectivity index (χ3v) is 4.34. The first-order valence-corrected chi connectivity index (χ1v) is 8.15. The SMILES string of the molecule is CN(CC(F)(F)F)C(=O)c1cc(Cl)cc(S(=O)(=O)Cl)c1Cl. The van der Waals surface area contributed by atoms with Gasteiger partial charge >= 0.3 is 6.18 Å². The van der Waals surface area contributed by atoms with E-state index in [-0.39, 0.29) is 5.02 Å². The van der Waals surface area contributed by atoms with Gasteiger partial charge in [-0.1, -0.05) is 23.2 Å². The Balaban J connectivity index is 3.32. The molecule has 1 rings (SSSR count). The number of carbonyl (C=O) groups is 1. The molecule has 0 bridgehead atoms. The second kappa shape index (κ2) is 6.20. The van der Waals surface area contributed by atoms with E-state index in [1.807, 2.05) is 0 Å². The van der Waals surface area contributed by atoms with Gasteiger partial charge in [0.25, 0.3) is 15.0 Å². The van der Waals surface area contributed by atoms with Gasteiger partial charge in [0, 0.05) is 22.8 Å². The summed E-state index contributed by atoms with van der Waals surface area (Å²) in [6.07, 6.45) is -4.61. The van der Waals surface area contributed by atoms with E-state index in [2.05, 4.69) is 0 Å². The first-order valence-electron chi connectivity index (χ1n) is 5.09. The van der Waals surface area contributed by atoms with Crippen molar-refractivity contribution in [1.29, 1.82) is 0 Å². The topological polar surface area (TPSA) is 54.5 Å². The van der Waals surface area contributed by atoms with Crippen molar-refractivity contribution in [3.63, 3.8) is 0 Å². The monoisotopic (exact) mass is 383 g/mol. The highest BCUT2D eigenvalue weighted by molar-refractivity contribution is 8.13. The Bertz CT molecular complexity index is 676. The molecular formula is C10H7Cl3F3NO3S. The molecule has 1 aromatic carbocycles. The van der Waals surface area contributed by atoms with Gasteiger partial charge in [-0.05, 0) is 12.1 Å². The van der Waals surface area contributed by atoms with Gasteiger partial charge in [0.1, 0.15) is 11.4 Å². The number of hydrogen-bond acceptors (Lipinski definition) is 3. The lowest BCUT2D eigenvalue weighted by molar-refractivity contribution is -0.138. The third kappa shape index (κ3) is 4.91. The van der Waals surface area contributed by atoms with Crippen LogP contribution in [0.3, 0.4) is 0 Å². The van der Waals surface area contributed by atoms with Crippen LogP contribution in [0.4, 0.5) is 13.2 Å². The smallest absolute Gasteiger partial charge is 0.333 e. The summed E-state index contributed by atoms with van der Waals surface area (Å²) in [4.78, 5) is 11.6. The summed E-state index contributed by atoms with van der Waals surface area (Å²) in [6, 6.07) is 1.86. The van der Waals surface area contributed by atoms with Crippen LogP contribution in [0.25, 0.3) is 0 Å². The number of rotatable bonds is 3. The minimum atomic E-state index is -4.61. The highest BCUT2D eigenvalue weighted by atomic mass is 35.7. The van der Waals surface area contributed by atoms with Crippen molar-refractivity contribution in [2.45, 2.75) is 11.1 Å². The van der Waals surface area contributed by atoms with Gasteiger partial charge in [-0.15, -0.1) is 0 Å². The molecule has 0 fully saturated rings. The number of amides is 1. The summed E-state index contributed by atoms with van der Waals surface area (Å²) < 4.78 is 59.4. The average molecular weight is 385 g/mol. The summed E-state index contributed by atoms with van der Waals surface area (Å²) in [7, 11) is 1.70. The molecule has 0 aliphatic rings. The van der Waals surface area contributed by atoms with Crippen molar-refractivity contribution in [1.82, 2.24) is 4.90 Å². The Labute approximate surface area is 132 Å². The van der Waals surface area contributed by atoms with Crippen molar-refractivity contribution in [3.8, 4) is 0 Å². The first-order chi connectivity index (χ1) is 9.33. The Morgan fingerprint density at radius 1 is 1.29 bits per heavy atom. The van der Waals surface area contributed by atoms with Crippen LogP contribution in [-0.2, 0) is 9.05 Å². The molecular weight excluding hydrogens is 378 g/mol. The molecule has 11 heteroatoms. The zero-order valence-electron chi connectivity index (χ0n) is 10.2. The molecule has 21 heavy (non-hydrogen) atoms.